The molecular formula is C17H32N4O6S. The molecule has 0 aromatic rings. The fourth-order valence-corrected chi connectivity index (χ4v) is 2.69. The van der Waals surface area contributed by atoms with E-state index in [2.05, 4.69) is 16.0 Å². The Kier molecular flexibility index (Phi) is 12.5. The number of hydrogen-bond donors (Lipinski definition) is 6. The maximum atomic E-state index is 12.4. The number of nitrogens with one attached hydrogen (secondary N) is 3. The van der Waals surface area contributed by atoms with Crippen molar-refractivity contribution in [2.24, 2.45) is 11.7 Å². The van der Waals surface area contributed by atoms with Crippen LogP contribution in [0.25, 0.3) is 0 Å². The van der Waals surface area contributed by atoms with Gasteiger partial charge in [0.15, 0.2) is 0 Å². The summed E-state index contributed by atoms with van der Waals surface area (Å²) in [5.74, 6) is -2.50. The summed E-state index contributed by atoms with van der Waals surface area (Å²) in [7, 11) is 0. The Morgan fingerprint density at radius 1 is 0.964 bits per heavy atom. The highest BCUT2D eigenvalue weighted by Crippen LogP contribution is 2.06. The topological polar surface area (TPSA) is 171 Å². The monoisotopic (exact) mass is 420 g/mol. The van der Waals surface area contributed by atoms with Gasteiger partial charge in [0.1, 0.15) is 18.1 Å². The smallest absolute Gasteiger partial charge is 0.325 e. The highest BCUT2D eigenvalue weighted by molar-refractivity contribution is 7.98. The fraction of sp³-hybridized carbons (Fsp3) is 0.765. The molecule has 0 bridgehead atoms. The van der Waals surface area contributed by atoms with Crippen LogP contribution in [0.15, 0.2) is 0 Å². The fourth-order valence-electron chi connectivity index (χ4n) is 2.20. The molecule has 0 spiro atoms. The molecule has 0 saturated carbocycles. The Morgan fingerprint density at radius 2 is 1.50 bits per heavy atom. The first kappa shape index (κ1) is 26.1. The van der Waals surface area contributed by atoms with Crippen LogP contribution in [0.3, 0.4) is 0 Å². The lowest BCUT2D eigenvalue weighted by Gasteiger charge is -2.24. The van der Waals surface area contributed by atoms with Gasteiger partial charge < -0.3 is 31.9 Å². The van der Waals surface area contributed by atoms with E-state index in [4.69, 9.17) is 10.8 Å². The summed E-state index contributed by atoms with van der Waals surface area (Å²) < 4.78 is 0. The van der Waals surface area contributed by atoms with E-state index in [1.165, 1.54) is 18.7 Å². The minimum Gasteiger partial charge on any atom is -0.480 e. The van der Waals surface area contributed by atoms with E-state index in [1.54, 1.807) is 0 Å². The maximum absolute atomic E-state index is 12.4. The van der Waals surface area contributed by atoms with Crippen molar-refractivity contribution in [3.05, 3.63) is 0 Å². The second kappa shape index (κ2) is 13.3. The highest BCUT2D eigenvalue weighted by atomic mass is 32.2. The van der Waals surface area contributed by atoms with Gasteiger partial charge >= 0.3 is 5.97 Å². The second-order valence-corrected chi connectivity index (χ2v) is 7.88. The predicted molar refractivity (Wildman–Crippen MR) is 107 cm³/mol. The van der Waals surface area contributed by atoms with Crippen molar-refractivity contribution in [3.63, 3.8) is 0 Å². The SMILES string of the molecule is CSCCC(N)C(=O)NC(CO)C(=O)NC(CC(C)C)C(=O)NC(C)C(=O)O. The Labute approximate surface area is 169 Å². The van der Waals surface area contributed by atoms with E-state index >= 15 is 0 Å². The molecule has 7 N–H and O–H groups in total. The zero-order valence-electron chi connectivity index (χ0n) is 16.7. The number of carboxylic acids is 1. The third-order valence-electron chi connectivity index (χ3n) is 3.85. The summed E-state index contributed by atoms with van der Waals surface area (Å²) >= 11 is 1.53. The number of aliphatic hydroxyl groups is 1. The van der Waals surface area contributed by atoms with E-state index in [0.29, 0.717) is 12.2 Å². The van der Waals surface area contributed by atoms with Crippen molar-refractivity contribution < 1.29 is 29.4 Å². The highest BCUT2D eigenvalue weighted by Gasteiger charge is 2.29. The Hall–Kier alpha value is -1.85. The number of rotatable bonds is 13. The molecule has 162 valence electrons. The van der Waals surface area contributed by atoms with Crippen LogP contribution in [0.1, 0.15) is 33.6 Å². The number of aliphatic hydroxyl groups excluding tert-OH is 1. The van der Waals surface area contributed by atoms with Gasteiger partial charge in [-0.05, 0) is 37.7 Å². The second-order valence-electron chi connectivity index (χ2n) is 6.89. The quantitative estimate of drug-likeness (QED) is 0.213. The molecule has 3 amide bonds. The predicted octanol–water partition coefficient (Wildman–Crippen LogP) is -1.34. The minimum atomic E-state index is -1.27. The van der Waals surface area contributed by atoms with Gasteiger partial charge in [0.2, 0.25) is 17.7 Å². The maximum Gasteiger partial charge on any atom is 0.325 e. The van der Waals surface area contributed by atoms with Crippen LogP contribution >= 0.6 is 11.8 Å². The third kappa shape index (κ3) is 9.90. The number of nitrogens with two attached hydrogens (primary N) is 1. The molecule has 0 fully saturated rings. The molecule has 0 radical (unpaired) electrons. The summed E-state index contributed by atoms with van der Waals surface area (Å²) in [4.78, 5) is 47.7. The summed E-state index contributed by atoms with van der Waals surface area (Å²) in [5, 5.41) is 25.5. The van der Waals surface area contributed by atoms with Crippen LogP contribution in [0.4, 0.5) is 0 Å². The van der Waals surface area contributed by atoms with Crippen LogP contribution in [0, 0.1) is 5.92 Å². The zero-order valence-corrected chi connectivity index (χ0v) is 17.5. The van der Waals surface area contributed by atoms with Gasteiger partial charge in [0.05, 0.1) is 12.6 Å². The molecule has 4 unspecified atom stereocenters. The molecule has 4 atom stereocenters. The van der Waals surface area contributed by atoms with Crippen molar-refractivity contribution in [2.45, 2.75) is 57.8 Å². The van der Waals surface area contributed by atoms with Gasteiger partial charge in [0, 0.05) is 0 Å². The average Bonchev–Trinajstić information content (AvgIpc) is 2.62. The molecule has 0 aromatic heterocycles. The molecule has 0 aliphatic rings. The van der Waals surface area contributed by atoms with Gasteiger partial charge in [-0.2, -0.15) is 11.8 Å². The minimum absolute atomic E-state index is 0.0262. The molecule has 0 saturated heterocycles. The molecule has 0 aromatic carbocycles. The van der Waals surface area contributed by atoms with E-state index in [9.17, 15) is 24.3 Å². The van der Waals surface area contributed by atoms with Gasteiger partial charge in [-0.3, -0.25) is 19.2 Å². The van der Waals surface area contributed by atoms with Crippen molar-refractivity contribution in [1.82, 2.24) is 16.0 Å². The molecule has 0 rings (SSSR count). The number of carbonyl (C=O) groups excluding carboxylic acids is 3. The molecule has 11 heteroatoms. The number of hydrogen-bond acceptors (Lipinski definition) is 7. The molecular weight excluding hydrogens is 388 g/mol. The van der Waals surface area contributed by atoms with Crippen molar-refractivity contribution in [3.8, 4) is 0 Å². The van der Waals surface area contributed by atoms with E-state index in [0.717, 1.165) is 0 Å². The lowest BCUT2D eigenvalue weighted by molar-refractivity contribution is -0.142. The van der Waals surface area contributed by atoms with E-state index < -0.39 is 54.5 Å². The van der Waals surface area contributed by atoms with Crippen molar-refractivity contribution in [2.75, 3.05) is 18.6 Å². The number of carbonyl (C=O) groups is 4. The van der Waals surface area contributed by atoms with Gasteiger partial charge in [0.25, 0.3) is 0 Å². The van der Waals surface area contributed by atoms with Crippen LogP contribution in [0.2, 0.25) is 0 Å². The first-order valence-corrected chi connectivity index (χ1v) is 10.4. The van der Waals surface area contributed by atoms with Crippen LogP contribution < -0.4 is 21.7 Å². The third-order valence-corrected chi connectivity index (χ3v) is 4.50. The van der Waals surface area contributed by atoms with Gasteiger partial charge in [-0.15, -0.1) is 0 Å². The molecule has 0 aliphatic carbocycles. The van der Waals surface area contributed by atoms with Crippen LogP contribution in [0.5, 0.6) is 0 Å². The van der Waals surface area contributed by atoms with Gasteiger partial charge in [-0.1, -0.05) is 13.8 Å². The first-order valence-electron chi connectivity index (χ1n) is 9.02. The zero-order chi connectivity index (χ0) is 21.9. The Balaban J connectivity index is 5.02. The van der Waals surface area contributed by atoms with Crippen LogP contribution in [-0.2, 0) is 19.2 Å². The number of aliphatic carboxylic acids is 1. The standard InChI is InChI=1S/C17H32N4O6S/c1-9(2)7-12(15(24)19-10(3)17(26)27)20-16(25)13(8-22)21-14(23)11(18)5-6-28-4/h9-13,22H,5-8,18H2,1-4H3,(H,19,24)(H,20,25)(H,21,23)(H,26,27). The number of thioether (sulfide) groups is 1. The lowest BCUT2D eigenvalue weighted by atomic mass is 10.0. The lowest BCUT2D eigenvalue weighted by Crippen LogP contribution is -2.58. The van der Waals surface area contributed by atoms with Gasteiger partial charge in [-0.25, -0.2) is 0 Å². The van der Waals surface area contributed by atoms with Crippen molar-refractivity contribution in [1.29, 1.82) is 0 Å². The molecule has 10 nitrogen and oxygen atoms in total. The molecule has 0 aliphatic heterocycles. The first-order chi connectivity index (χ1) is 13.0. The van der Waals surface area contributed by atoms with Crippen molar-refractivity contribution >= 4 is 35.5 Å². The molecule has 0 heterocycles. The Morgan fingerprint density at radius 3 is 1.96 bits per heavy atom. The normalized spacial score (nSPS) is 15.2. The van der Waals surface area contributed by atoms with Crippen LogP contribution in [-0.4, -0.2) is 76.7 Å². The number of carboxylic acid groups (broad SMARTS) is 1. The van der Waals surface area contributed by atoms with E-state index in [-0.39, 0.29) is 12.3 Å². The molecule has 28 heavy (non-hydrogen) atoms. The van der Waals surface area contributed by atoms with E-state index in [1.807, 2.05) is 20.1 Å². The Bertz CT molecular complexity index is 546. The summed E-state index contributed by atoms with van der Waals surface area (Å²) in [6, 6.07) is -4.22. The summed E-state index contributed by atoms with van der Waals surface area (Å²) in [5.41, 5.74) is 5.75. The average molecular weight is 421 g/mol. The summed E-state index contributed by atoms with van der Waals surface area (Å²) in [6.07, 6.45) is 2.54. The summed E-state index contributed by atoms with van der Waals surface area (Å²) in [6.45, 7) is 4.31. The largest absolute Gasteiger partial charge is 0.480 e. The number of amides is 3.